The molecule has 0 amide bonds. The molecule has 0 aromatic heterocycles. The monoisotopic (exact) mass is 754 g/mol. The van der Waals surface area contributed by atoms with Gasteiger partial charge in [-0.05, 0) is 39.4 Å². The van der Waals surface area contributed by atoms with Crippen molar-refractivity contribution in [1.82, 2.24) is 0 Å². The molecule has 0 unspecified atom stereocenters. The van der Waals surface area contributed by atoms with Gasteiger partial charge in [0.2, 0.25) is 0 Å². The Balaban J connectivity index is 0.000000255. The molecule has 0 atom stereocenters. The molecule has 0 saturated heterocycles. The summed E-state index contributed by atoms with van der Waals surface area (Å²) < 4.78 is 0. The van der Waals surface area contributed by atoms with Crippen LogP contribution in [0.5, 0.6) is 0 Å². The van der Waals surface area contributed by atoms with E-state index in [0.717, 1.165) is 9.52 Å². The second-order valence-corrected chi connectivity index (χ2v) is 20.7. The van der Waals surface area contributed by atoms with Crippen molar-refractivity contribution < 1.29 is 20.8 Å². The summed E-state index contributed by atoms with van der Waals surface area (Å²) in [5.41, 5.74) is 11.7. The topological polar surface area (TPSA) is 0 Å². The molecule has 0 aliphatic carbocycles. The molecule has 4 heteroatoms. The number of fused-ring (bicyclic) bond motifs is 4. The van der Waals surface area contributed by atoms with E-state index < -0.39 is 20.8 Å². The van der Waals surface area contributed by atoms with Crippen molar-refractivity contribution in [2.24, 2.45) is 0 Å². The number of aryl methyl sites for hydroxylation is 1. The van der Waals surface area contributed by atoms with E-state index in [2.05, 4.69) is 154 Å². The molecule has 0 N–H and O–H groups in total. The predicted octanol–water partition coefficient (Wildman–Crippen LogP) is 12.0. The minimum Gasteiger partial charge on any atom is -0.184 e. The maximum Gasteiger partial charge on any atom is 0.0920 e. The zero-order chi connectivity index (χ0) is 34.6. The molecule has 0 nitrogen and oxygen atoms in total. The smallest absolute Gasteiger partial charge is 0.0920 e. The minimum absolute atomic E-state index is 0.0873. The van der Waals surface area contributed by atoms with Crippen molar-refractivity contribution in [1.29, 1.82) is 0 Å². The summed E-state index contributed by atoms with van der Waals surface area (Å²) in [4.78, 5) is 0. The summed E-state index contributed by atoms with van der Waals surface area (Å²) in [7, 11) is 10.7. The fraction of sp³-hybridized carbons (Fsp3) is 0.372. The molecule has 1 aliphatic heterocycles. The maximum absolute atomic E-state index is 4.93. The first-order chi connectivity index (χ1) is 22.1. The SMILES string of the molecule is CCCCc1cc2c(-c3cc(C(C)(C)C)cc(C(C)(C)C)c3)c(C(C)(C)C)ccc2[cH-]1.[Cl][Zr+2][Cl].[c-]1cccc2c1[Si]c1ccccc1-2. The summed E-state index contributed by atoms with van der Waals surface area (Å²) in [5, 5.41) is 5.63. The number of benzene rings is 4. The van der Waals surface area contributed by atoms with Gasteiger partial charge in [-0.15, -0.1) is 40.1 Å². The van der Waals surface area contributed by atoms with Crippen LogP contribution in [0.1, 0.15) is 104 Å². The van der Waals surface area contributed by atoms with E-state index in [9.17, 15) is 0 Å². The Kier molecular flexibility index (Phi) is 12.8. The first kappa shape index (κ1) is 38.0. The van der Waals surface area contributed by atoms with E-state index in [1.165, 1.54) is 84.9 Å². The number of hydrogen-bond donors (Lipinski definition) is 0. The van der Waals surface area contributed by atoms with Crippen LogP contribution in [-0.2, 0) is 43.5 Å². The molecular formula is C43H50Cl2SiZr. The Morgan fingerprint density at radius 3 is 1.96 bits per heavy atom. The normalized spacial score (nSPS) is 12.3. The molecule has 6 rings (SSSR count). The largest absolute Gasteiger partial charge is 0.184 e. The van der Waals surface area contributed by atoms with Gasteiger partial charge in [-0.3, -0.25) is 0 Å². The fourth-order valence-corrected chi connectivity index (χ4v) is 7.48. The van der Waals surface area contributed by atoms with E-state index in [1.807, 2.05) is 6.07 Å². The third-order valence-electron chi connectivity index (χ3n) is 8.86. The Hall–Kier alpha value is -1.83. The van der Waals surface area contributed by atoms with E-state index in [-0.39, 0.29) is 16.2 Å². The Labute approximate surface area is 306 Å². The second kappa shape index (κ2) is 15.8. The zero-order valence-corrected chi connectivity index (χ0v) is 34.9. The molecule has 5 aromatic rings. The van der Waals surface area contributed by atoms with E-state index in [4.69, 9.17) is 17.0 Å². The predicted molar refractivity (Wildman–Crippen MR) is 207 cm³/mol. The summed E-state index contributed by atoms with van der Waals surface area (Å²) in [6.45, 7) is 23.3. The molecule has 1 heterocycles. The summed E-state index contributed by atoms with van der Waals surface area (Å²) in [6.07, 6.45) is 3.67. The fourth-order valence-electron chi connectivity index (χ4n) is 6.17. The Morgan fingerprint density at radius 2 is 1.36 bits per heavy atom. The molecule has 0 spiro atoms. The van der Waals surface area contributed by atoms with Gasteiger partial charge in [0.1, 0.15) is 0 Å². The quantitative estimate of drug-likeness (QED) is 0.124. The molecule has 2 radical (unpaired) electrons. The van der Waals surface area contributed by atoms with Gasteiger partial charge in [0.25, 0.3) is 0 Å². The van der Waals surface area contributed by atoms with Crippen LogP contribution in [0.25, 0.3) is 33.0 Å². The molecule has 0 bridgehead atoms. The van der Waals surface area contributed by atoms with Gasteiger partial charge >= 0.3 is 37.9 Å². The molecule has 244 valence electrons. The minimum atomic E-state index is -0.826. The van der Waals surface area contributed by atoms with Crippen molar-refractivity contribution >= 4 is 47.7 Å². The number of hydrogen-bond acceptors (Lipinski definition) is 0. The third kappa shape index (κ3) is 9.45. The van der Waals surface area contributed by atoms with E-state index in [1.54, 1.807) is 0 Å². The van der Waals surface area contributed by atoms with Gasteiger partial charge in [-0.2, -0.15) is 35.5 Å². The van der Waals surface area contributed by atoms with Crippen molar-refractivity contribution in [2.75, 3.05) is 0 Å². The number of unbranched alkanes of at least 4 members (excludes halogenated alkanes) is 1. The second-order valence-electron chi connectivity index (χ2n) is 15.7. The van der Waals surface area contributed by atoms with E-state index >= 15 is 0 Å². The first-order valence-electron chi connectivity index (χ1n) is 16.8. The molecule has 0 saturated carbocycles. The first-order valence-corrected chi connectivity index (χ1v) is 24.1. The average molecular weight is 757 g/mol. The van der Waals surface area contributed by atoms with Crippen molar-refractivity contribution in [3.8, 4) is 22.3 Å². The van der Waals surface area contributed by atoms with Crippen molar-refractivity contribution in [3.63, 3.8) is 0 Å². The summed E-state index contributed by atoms with van der Waals surface area (Å²) in [6, 6.07) is 35.1. The van der Waals surface area contributed by atoms with Crippen LogP contribution in [0.3, 0.4) is 0 Å². The molecule has 47 heavy (non-hydrogen) atoms. The third-order valence-corrected chi connectivity index (χ3v) is 10.2. The van der Waals surface area contributed by atoms with Gasteiger partial charge in [0.15, 0.2) is 0 Å². The summed E-state index contributed by atoms with van der Waals surface area (Å²) in [5.74, 6) is 0. The van der Waals surface area contributed by atoms with Crippen LogP contribution in [0.15, 0.2) is 84.9 Å². The van der Waals surface area contributed by atoms with Gasteiger partial charge in [0.05, 0.1) is 9.52 Å². The number of rotatable bonds is 4. The molecule has 5 aromatic carbocycles. The van der Waals surface area contributed by atoms with Crippen molar-refractivity contribution in [3.05, 3.63) is 113 Å². The molecule has 1 aliphatic rings. The van der Waals surface area contributed by atoms with E-state index in [0.29, 0.717) is 0 Å². The standard InChI is InChI=1S/C31H43.C12H7Si.2ClH.Zr/c1-11-12-13-21-16-22-14-15-27(31(8,9)10)28(26(22)17-21)23-18-24(29(2,3)4)20-25(19-23)30(5,6)7;1-3-7-11-9(5-1)10-6-2-4-8-12(10)13-11;;;/h14-20H,11-13H2,1-10H3;1-7H;2*1H;/q2*-1;;;+4/p-2. The Morgan fingerprint density at radius 1 is 0.745 bits per heavy atom. The van der Waals surface area contributed by atoms with Gasteiger partial charge in [0, 0.05) is 0 Å². The zero-order valence-electron chi connectivity index (χ0n) is 30.0. The van der Waals surface area contributed by atoms with Crippen LogP contribution in [-0.4, -0.2) is 9.52 Å². The van der Waals surface area contributed by atoms with Gasteiger partial charge in [-0.25, -0.2) is 0 Å². The molecular weight excluding hydrogens is 707 g/mol. The maximum atomic E-state index is 4.93. The summed E-state index contributed by atoms with van der Waals surface area (Å²) >= 11 is -0.826. The van der Waals surface area contributed by atoms with Crippen LogP contribution in [0.4, 0.5) is 0 Å². The van der Waals surface area contributed by atoms with Crippen LogP contribution < -0.4 is 10.4 Å². The number of halogens is 2. The van der Waals surface area contributed by atoms with Gasteiger partial charge < -0.3 is 0 Å². The van der Waals surface area contributed by atoms with Gasteiger partial charge in [-0.1, -0.05) is 146 Å². The van der Waals surface area contributed by atoms with Crippen LogP contribution >= 0.6 is 17.0 Å². The van der Waals surface area contributed by atoms with Crippen LogP contribution in [0, 0.1) is 6.07 Å². The Bertz CT molecular complexity index is 1720. The molecule has 0 fully saturated rings. The van der Waals surface area contributed by atoms with Crippen LogP contribution in [0.2, 0.25) is 0 Å². The average Bonchev–Trinajstić information content (AvgIpc) is 3.60. The van der Waals surface area contributed by atoms with Crippen molar-refractivity contribution in [2.45, 2.75) is 105 Å².